The molecule has 118 valence electrons. The molecule has 2 unspecified atom stereocenters. The molecule has 0 N–H and O–H groups in total. The number of esters is 1. The Hall–Kier alpha value is -1.14. The standard InChI is InChI=1S/C14H16F4O3/c1-12(15,16)14(17,18)11(20)21-13-4-7-2-8(5-13)10(19)9(3-7)6-13/h7-9H,2-6H2,1H3. The van der Waals surface area contributed by atoms with Crippen LogP contribution < -0.4 is 0 Å². The van der Waals surface area contributed by atoms with Crippen molar-refractivity contribution in [3.8, 4) is 0 Å². The molecule has 21 heavy (non-hydrogen) atoms. The summed E-state index contributed by atoms with van der Waals surface area (Å²) in [6.07, 6.45) is 2.15. The second-order valence-electron chi connectivity index (χ2n) is 6.78. The molecule has 0 aliphatic heterocycles. The van der Waals surface area contributed by atoms with E-state index in [0.717, 1.165) is 0 Å². The third kappa shape index (κ3) is 2.16. The molecular formula is C14H16F4O3. The van der Waals surface area contributed by atoms with Crippen molar-refractivity contribution < 1.29 is 31.9 Å². The fourth-order valence-corrected chi connectivity index (χ4v) is 4.24. The van der Waals surface area contributed by atoms with Crippen LogP contribution in [0.2, 0.25) is 0 Å². The average molecular weight is 308 g/mol. The topological polar surface area (TPSA) is 43.4 Å². The van der Waals surface area contributed by atoms with Gasteiger partial charge < -0.3 is 4.74 Å². The molecule has 3 nitrogen and oxygen atoms in total. The van der Waals surface area contributed by atoms with Crippen LogP contribution in [-0.2, 0) is 14.3 Å². The van der Waals surface area contributed by atoms with E-state index in [2.05, 4.69) is 0 Å². The van der Waals surface area contributed by atoms with E-state index < -0.39 is 23.4 Å². The zero-order valence-corrected chi connectivity index (χ0v) is 11.5. The second kappa shape index (κ2) is 4.20. The number of carbonyl (C=O) groups excluding carboxylic acids is 2. The fraction of sp³-hybridized carbons (Fsp3) is 0.857. The number of hydrogen-bond donors (Lipinski definition) is 0. The van der Waals surface area contributed by atoms with Gasteiger partial charge in [-0.15, -0.1) is 0 Å². The van der Waals surface area contributed by atoms with Crippen molar-refractivity contribution >= 4 is 11.8 Å². The molecule has 4 rings (SSSR count). The number of carbonyl (C=O) groups is 2. The van der Waals surface area contributed by atoms with Gasteiger partial charge in [0, 0.05) is 18.8 Å². The summed E-state index contributed by atoms with van der Waals surface area (Å²) in [7, 11) is 0. The summed E-state index contributed by atoms with van der Waals surface area (Å²) >= 11 is 0. The van der Waals surface area contributed by atoms with Crippen LogP contribution in [0.1, 0.15) is 39.0 Å². The highest BCUT2D eigenvalue weighted by atomic mass is 19.3. The molecule has 4 bridgehead atoms. The first-order valence-corrected chi connectivity index (χ1v) is 7.07. The van der Waals surface area contributed by atoms with Crippen LogP contribution in [-0.4, -0.2) is 29.2 Å². The molecule has 0 aromatic rings. The Bertz CT molecular complexity index is 479. The Morgan fingerprint density at radius 3 is 2.14 bits per heavy atom. The van der Waals surface area contributed by atoms with Crippen molar-refractivity contribution in [1.29, 1.82) is 0 Å². The second-order valence-corrected chi connectivity index (χ2v) is 6.78. The van der Waals surface area contributed by atoms with E-state index in [1.165, 1.54) is 0 Å². The molecule has 0 radical (unpaired) electrons. The van der Waals surface area contributed by atoms with Crippen LogP contribution in [0.15, 0.2) is 0 Å². The summed E-state index contributed by atoms with van der Waals surface area (Å²) < 4.78 is 57.4. The Morgan fingerprint density at radius 1 is 1.14 bits per heavy atom. The predicted molar refractivity (Wildman–Crippen MR) is 63.0 cm³/mol. The molecule has 7 heteroatoms. The van der Waals surface area contributed by atoms with Gasteiger partial charge in [-0.3, -0.25) is 4.79 Å². The van der Waals surface area contributed by atoms with Crippen LogP contribution >= 0.6 is 0 Å². The fourth-order valence-electron chi connectivity index (χ4n) is 4.24. The third-order valence-corrected chi connectivity index (χ3v) is 5.05. The average Bonchev–Trinajstić information content (AvgIpc) is 2.32. The molecule has 4 aliphatic rings. The number of Topliss-reactive ketones (excluding diaryl/α,β-unsaturated/α-hetero) is 1. The molecule has 0 heterocycles. The first-order chi connectivity index (χ1) is 9.54. The maximum Gasteiger partial charge on any atom is 0.404 e. The minimum atomic E-state index is -4.85. The zero-order valence-electron chi connectivity index (χ0n) is 11.5. The number of halogens is 4. The number of hydrogen-bond acceptors (Lipinski definition) is 3. The van der Waals surface area contributed by atoms with Gasteiger partial charge in [0.2, 0.25) is 0 Å². The van der Waals surface area contributed by atoms with E-state index in [4.69, 9.17) is 4.74 Å². The van der Waals surface area contributed by atoms with Crippen LogP contribution in [0.4, 0.5) is 17.6 Å². The number of ether oxygens (including phenoxy) is 1. The Kier molecular flexibility index (Phi) is 2.95. The number of alkyl halides is 4. The van der Waals surface area contributed by atoms with Gasteiger partial charge >= 0.3 is 17.8 Å². The highest BCUT2D eigenvalue weighted by Gasteiger charge is 2.64. The van der Waals surface area contributed by atoms with Gasteiger partial charge in [-0.05, 0) is 38.0 Å². The minimum Gasteiger partial charge on any atom is -0.454 e. The van der Waals surface area contributed by atoms with Gasteiger partial charge in [-0.25, -0.2) is 4.79 Å². The molecule has 0 aromatic carbocycles. The predicted octanol–water partition coefficient (Wildman–Crippen LogP) is 2.97. The summed E-state index contributed by atoms with van der Waals surface area (Å²) in [6.45, 7) is -0.00251. The van der Waals surface area contributed by atoms with Crippen molar-refractivity contribution in [3.63, 3.8) is 0 Å². The summed E-state index contributed by atoms with van der Waals surface area (Å²) in [5.74, 6) is -11.8. The van der Waals surface area contributed by atoms with Crippen LogP contribution in [0, 0.1) is 17.8 Å². The smallest absolute Gasteiger partial charge is 0.404 e. The van der Waals surface area contributed by atoms with Gasteiger partial charge in [0.25, 0.3) is 0 Å². The van der Waals surface area contributed by atoms with Crippen LogP contribution in [0.25, 0.3) is 0 Å². The van der Waals surface area contributed by atoms with Gasteiger partial charge in [-0.2, -0.15) is 17.6 Å². The Morgan fingerprint density at radius 2 is 1.67 bits per heavy atom. The zero-order chi connectivity index (χ0) is 15.6. The molecular weight excluding hydrogens is 292 g/mol. The van der Waals surface area contributed by atoms with E-state index in [1.54, 1.807) is 0 Å². The lowest BCUT2D eigenvalue weighted by atomic mass is 9.53. The number of rotatable bonds is 3. The first-order valence-electron chi connectivity index (χ1n) is 7.07. The summed E-state index contributed by atoms with van der Waals surface area (Å²) in [5, 5.41) is 0. The molecule has 4 fully saturated rings. The lowest BCUT2D eigenvalue weighted by Gasteiger charge is -2.54. The van der Waals surface area contributed by atoms with E-state index >= 15 is 0 Å². The maximum absolute atomic E-state index is 13.4. The monoisotopic (exact) mass is 308 g/mol. The highest BCUT2D eigenvalue weighted by molar-refractivity contribution is 5.86. The summed E-state index contributed by atoms with van der Waals surface area (Å²) in [6, 6.07) is 0. The van der Waals surface area contributed by atoms with E-state index in [0.29, 0.717) is 19.3 Å². The maximum atomic E-state index is 13.4. The Balaban J connectivity index is 1.80. The van der Waals surface area contributed by atoms with Crippen molar-refractivity contribution in [2.24, 2.45) is 17.8 Å². The first kappa shape index (κ1) is 14.8. The minimum absolute atomic E-state index is 0.00251. The molecule has 0 amide bonds. The van der Waals surface area contributed by atoms with Crippen molar-refractivity contribution in [2.45, 2.75) is 56.5 Å². The van der Waals surface area contributed by atoms with Gasteiger partial charge in [0.05, 0.1) is 0 Å². The van der Waals surface area contributed by atoms with E-state index in [1.807, 2.05) is 0 Å². The molecule has 0 spiro atoms. The summed E-state index contributed by atoms with van der Waals surface area (Å²) in [4.78, 5) is 23.5. The molecule has 4 saturated carbocycles. The highest BCUT2D eigenvalue weighted by Crippen LogP contribution is 2.56. The summed E-state index contributed by atoms with van der Waals surface area (Å²) in [5.41, 5.74) is -1.16. The van der Waals surface area contributed by atoms with E-state index in [9.17, 15) is 27.2 Å². The number of ketones is 1. The Labute approximate surface area is 119 Å². The van der Waals surface area contributed by atoms with Crippen molar-refractivity contribution in [2.75, 3.05) is 0 Å². The van der Waals surface area contributed by atoms with Gasteiger partial charge in [0.15, 0.2) is 0 Å². The van der Waals surface area contributed by atoms with Gasteiger partial charge in [0.1, 0.15) is 11.4 Å². The van der Waals surface area contributed by atoms with Crippen molar-refractivity contribution in [3.05, 3.63) is 0 Å². The molecule has 0 saturated heterocycles. The normalized spacial score (nSPS) is 38.7. The lowest BCUT2D eigenvalue weighted by molar-refractivity contribution is -0.243. The van der Waals surface area contributed by atoms with Crippen molar-refractivity contribution in [1.82, 2.24) is 0 Å². The molecule has 0 aromatic heterocycles. The van der Waals surface area contributed by atoms with Crippen LogP contribution in [0.5, 0.6) is 0 Å². The van der Waals surface area contributed by atoms with Gasteiger partial charge in [-0.1, -0.05) is 0 Å². The third-order valence-electron chi connectivity index (χ3n) is 5.05. The quantitative estimate of drug-likeness (QED) is 0.595. The largest absolute Gasteiger partial charge is 0.454 e. The van der Waals surface area contributed by atoms with E-state index in [-0.39, 0.29) is 43.3 Å². The SMILES string of the molecule is CC(F)(F)C(F)(F)C(=O)OC12CC3CC(C1)C(=O)C(C3)C2. The molecule has 2 atom stereocenters. The van der Waals surface area contributed by atoms with Crippen LogP contribution in [0.3, 0.4) is 0 Å². The molecule has 4 aliphatic carbocycles. The lowest BCUT2D eigenvalue weighted by Crippen LogP contribution is -2.59.